The summed E-state index contributed by atoms with van der Waals surface area (Å²) in [5, 5.41) is 12.8. The van der Waals surface area contributed by atoms with Gasteiger partial charge in [0.1, 0.15) is 11.5 Å². The van der Waals surface area contributed by atoms with Crippen LogP contribution in [0, 0.1) is 5.82 Å². The average molecular weight is 456 g/mol. The number of amides is 2. The maximum atomic E-state index is 13.2. The molecule has 1 aromatic carbocycles. The maximum absolute atomic E-state index is 13.2. The predicted molar refractivity (Wildman–Crippen MR) is 122 cm³/mol. The molecule has 0 spiro atoms. The molecule has 2 aliphatic heterocycles. The third kappa shape index (κ3) is 4.93. The van der Waals surface area contributed by atoms with Crippen LogP contribution in [0.25, 0.3) is 0 Å². The largest absolute Gasteiger partial charge is 0.411 e. The van der Waals surface area contributed by atoms with Crippen molar-refractivity contribution in [2.45, 2.75) is 26.3 Å². The lowest BCUT2D eigenvalue weighted by molar-refractivity contribution is 0.0620. The molecular weight excluding hydrogens is 425 g/mol. The number of nitrogens with zero attached hydrogens (tertiary/aromatic N) is 5. The molecule has 3 heterocycles. The predicted octanol–water partition coefficient (Wildman–Crippen LogP) is 2.52. The number of aromatic nitrogens is 1. The number of piperazine rings is 1. The lowest BCUT2D eigenvalue weighted by Crippen LogP contribution is -2.49. The average Bonchev–Trinajstić information content (AvgIpc) is 3.22. The first-order chi connectivity index (χ1) is 16.0. The molecule has 0 aliphatic carbocycles. The van der Waals surface area contributed by atoms with Crippen molar-refractivity contribution in [3.8, 4) is 0 Å². The molecule has 176 valence electrons. The molecule has 4 rings (SSSR count). The Labute approximate surface area is 192 Å². The molecule has 1 saturated heterocycles. The van der Waals surface area contributed by atoms with Gasteiger partial charge < -0.3 is 19.6 Å². The van der Waals surface area contributed by atoms with Gasteiger partial charge in [-0.2, -0.15) is 0 Å². The Hall–Kier alpha value is -3.20. The maximum Gasteiger partial charge on any atom is 0.271 e. The molecule has 1 fully saturated rings. The van der Waals surface area contributed by atoms with Crippen molar-refractivity contribution in [2.24, 2.45) is 5.16 Å². The minimum Gasteiger partial charge on any atom is -0.411 e. The number of hydrogen-bond acceptors (Lipinski definition) is 5. The number of aryl methyl sites for hydroxylation is 1. The summed E-state index contributed by atoms with van der Waals surface area (Å²) in [6.07, 6.45) is 3.21. The first kappa shape index (κ1) is 23.0. The first-order valence-electron chi connectivity index (χ1n) is 11.5. The van der Waals surface area contributed by atoms with E-state index in [4.69, 9.17) is 0 Å². The summed E-state index contributed by atoms with van der Waals surface area (Å²) in [6, 6.07) is 7.51. The summed E-state index contributed by atoms with van der Waals surface area (Å²) in [7, 11) is 0. The normalized spacial score (nSPS) is 18.5. The van der Waals surface area contributed by atoms with Gasteiger partial charge in [-0.25, -0.2) is 4.39 Å². The number of hydrogen-bond donors (Lipinski definition) is 1. The van der Waals surface area contributed by atoms with Crippen LogP contribution in [-0.4, -0.2) is 87.8 Å². The van der Waals surface area contributed by atoms with Crippen molar-refractivity contribution < 1.29 is 19.2 Å². The van der Waals surface area contributed by atoms with Gasteiger partial charge in [-0.1, -0.05) is 5.16 Å². The molecule has 0 saturated carbocycles. The zero-order valence-corrected chi connectivity index (χ0v) is 18.9. The Kier molecular flexibility index (Phi) is 7.08. The number of benzene rings is 1. The summed E-state index contributed by atoms with van der Waals surface area (Å²) in [5.41, 5.74) is 2.37. The Bertz CT molecular complexity index is 1030. The van der Waals surface area contributed by atoms with Crippen LogP contribution in [0.2, 0.25) is 0 Å². The van der Waals surface area contributed by atoms with Gasteiger partial charge in [0, 0.05) is 69.6 Å². The highest BCUT2D eigenvalue weighted by Gasteiger charge is 2.29. The van der Waals surface area contributed by atoms with Gasteiger partial charge in [-0.05, 0) is 50.2 Å². The van der Waals surface area contributed by atoms with Crippen LogP contribution < -0.4 is 0 Å². The third-order valence-electron chi connectivity index (χ3n) is 6.50. The summed E-state index contributed by atoms with van der Waals surface area (Å²) < 4.78 is 15.0. The zero-order chi connectivity index (χ0) is 23.4. The molecule has 2 aliphatic rings. The molecule has 8 nitrogen and oxygen atoms in total. The summed E-state index contributed by atoms with van der Waals surface area (Å²) in [6.45, 7) is 7.44. The molecule has 0 atom stereocenters. The van der Waals surface area contributed by atoms with Crippen molar-refractivity contribution in [3.63, 3.8) is 0 Å². The number of carbonyl (C=O) groups is 2. The molecule has 2 aromatic rings. The molecule has 1 N–H and O–H groups in total. The summed E-state index contributed by atoms with van der Waals surface area (Å²) >= 11 is 0. The zero-order valence-electron chi connectivity index (χ0n) is 18.9. The van der Waals surface area contributed by atoms with Gasteiger partial charge in [-0.15, -0.1) is 0 Å². The number of rotatable bonds is 6. The van der Waals surface area contributed by atoms with Gasteiger partial charge in [0.05, 0.1) is 5.71 Å². The van der Waals surface area contributed by atoms with E-state index < -0.39 is 0 Å². The smallest absolute Gasteiger partial charge is 0.271 e. The minimum absolute atomic E-state index is 0.0230. The highest BCUT2D eigenvalue weighted by Crippen LogP contribution is 2.21. The van der Waals surface area contributed by atoms with E-state index in [1.807, 2.05) is 28.7 Å². The van der Waals surface area contributed by atoms with Gasteiger partial charge >= 0.3 is 0 Å². The van der Waals surface area contributed by atoms with Crippen LogP contribution in [0.3, 0.4) is 0 Å². The standard InChI is InChI=1S/C24H30FN5O3/c1-2-28-12-8-20-21(26-33)9-13-29(24(32)22(20)28)11-3-10-27-14-16-30(17-15-27)23(31)18-4-6-19(25)7-5-18/h4-8,12,33H,2-3,9-11,13-17H2,1H3. The molecule has 2 amide bonds. The van der Waals surface area contributed by atoms with Crippen molar-refractivity contribution in [1.29, 1.82) is 0 Å². The van der Waals surface area contributed by atoms with Gasteiger partial charge in [-0.3, -0.25) is 14.5 Å². The van der Waals surface area contributed by atoms with Gasteiger partial charge in [0.15, 0.2) is 0 Å². The number of carbonyl (C=O) groups excluding carboxylic acids is 2. The Morgan fingerprint density at radius 3 is 2.45 bits per heavy atom. The monoisotopic (exact) mass is 455 g/mol. The van der Waals surface area contributed by atoms with Crippen LogP contribution in [0.5, 0.6) is 0 Å². The molecule has 9 heteroatoms. The van der Waals surface area contributed by atoms with E-state index in [1.54, 1.807) is 4.90 Å². The lowest BCUT2D eigenvalue weighted by atomic mass is 10.1. The highest BCUT2D eigenvalue weighted by atomic mass is 19.1. The Morgan fingerprint density at radius 2 is 1.79 bits per heavy atom. The minimum atomic E-state index is -0.349. The Morgan fingerprint density at radius 1 is 1.06 bits per heavy atom. The lowest BCUT2D eigenvalue weighted by Gasteiger charge is -2.35. The van der Waals surface area contributed by atoms with E-state index in [9.17, 15) is 19.2 Å². The number of oxime groups is 1. The SMILES string of the molecule is CCn1ccc2c1C(=O)N(CCCN1CCN(C(=O)c3ccc(F)cc3)CC1)CCC2=NO. The Balaban J connectivity index is 1.28. The van der Waals surface area contributed by atoms with Crippen LogP contribution >= 0.6 is 0 Å². The third-order valence-corrected chi connectivity index (χ3v) is 6.50. The quantitative estimate of drug-likeness (QED) is 0.536. The first-order valence-corrected chi connectivity index (χ1v) is 11.5. The second-order valence-electron chi connectivity index (χ2n) is 8.45. The van der Waals surface area contributed by atoms with Crippen molar-refractivity contribution in [1.82, 2.24) is 19.3 Å². The van der Waals surface area contributed by atoms with Crippen molar-refractivity contribution in [2.75, 3.05) is 45.8 Å². The van der Waals surface area contributed by atoms with E-state index in [-0.39, 0.29) is 17.6 Å². The van der Waals surface area contributed by atoms with Gasteiger partial charge in [0.25, 0.3) is 11.8 Å². The molecular formula is C24H30FN5O3. The molecule has 0 unspecified atom stereocenters. The molecule has 1 aromatic heterocycles. The fourth-order valence-corrected chi connectivity index (χ4v) is 4.59. The van der Waals surface area contributed by atoms with Crippen LogP contribution in [-0.2, 0) is 6.54 Å². The number of fused-ring (bicyclic) bond motifs is 1. The summed E-state index contributed by atoms with van der Waals surface area (Å²) in [5.74, 6) is -0.440. The van der Waals surface area contributed by atoms with Crippen molar-refractivity contribution >= 4 is 17.5 Å². The fourth-order valence-electron chi connectivity index (χ4n) is 4.59. The van der Waals surface area contributed by atoms with E-state index >= 15 is 0 Å². The fraction of sp³-hybridized carbons (Fsp3) is 0.458. The highest BCUT2D eigenvalue weighted by molar-refractivity contribution is 6.11. The second-order valence-corrected chi connectivity index (χ2v) is 8.45. The van der Waals surface area contributed by atoms with Crippen LogP contribution in [0.15, 0.2) is 41.7 Å². The topological polar surface area (TPSA) is 81.4 Å². The van der Waals surface area contributed by atoms with Crippen LogP contribution in [0.1, 0.15) is 46.2 Å². The van der Waals surface area contributed by atoms with Crippen molar-refractivity contribution in [3.05, 3.63) is 59.2 Å². The molecule has 33 heavy (non-hydrogen) atoms. The van der Waals surface area contributed by atoms with Gasteiger partial charge in [0.2, 0.25) is 0 Å². The van der Waals surface area contributed by atoms with Crippen LogP contribution in [0.4, 0.5) is 4.39 Å². The molecule has 0 bridgehead atoms. The summed E-state index contributed by atoms with van der Waals surface area (Å²) in [4.78, 5) is 31.7. The van der Waals surface area contributed by atoms with E-state index in [1.165, 1.54) is 24.3 Å². The van der Waals surface area contributed by atoms with E-state index in [0.717, 1.165) is 26.1 Å². The molecule has 0 radical (unpaired) electrons. The van der Waals surface area contributed by atoms with E-state index in [2.05, 4.69) is 10.1 Å². The van der Waals surface area contributed by atoms with E-state index in [0.29, 0.717) is 61.7 Å². The second kappa shape index (κ2) is 10.2. The number of halogens is 1.